The maximum atomic E-state index is 12.9. The Kier molecular flexibility index (Phi) is 8.98. The lowest BCUT2D eigenvalue weighted by molar-refractivity contribution is -0.274. The fraction of sp³-hybridized carbons (Fsp3) is 0.640. The van der Waals surface area contributed by atoms with Crippen LogP contribution in [0.4, 0.5) is 17.6 Å². The van der Waals surface area contributed by atoms with Gasteiger partial charge in [-0.1, -0.05) is 12.1 Å². The summed E-state index contributed by atoms with van der Waals surface area (Å²) in [6.45, 7) is 0.774. The van der Waals surface area contributed by atoms with Crippen LogP contribution in [-0.2, 0) is 4.74 Å². The molecule has 0 saturated heterocycles. The van der Waals surface area contributed by atoms with Crippen LogP contribution in [0, 0.1) is 23.2 Å². The first-order chi connectivity index (χ1) is 15.3. The predicted octanol–water partition coefficient (Wildman–Crippen LogP) is 7.59. The van der Waals surface area contributed by atoms with Gasteiger partial charge in [-0.2, -0.15) is 9.65 Å². The van der Waals surface area contributed by atoms with Crippen molar-refractivity contribution in [1.29, 1.82) is 5.26 Å². The van der Waals surface area contributed by atoms with E-state index in [1.807, 2.05) is 0 Å². The first-order valence-electron chi connectivity index (χ1n) is 11.6. The molecule has 1 aromatic rings. The summed E-state index contributed by atoms with van der Waals surface area (Å²) in [6.07, 6.45) is 7.00. The van der Waals surface area contributed by atoms with Gasteiger partial charge >= 0.3 is 6.36 Å². The van der Waals surface area contributed by atoms with Crippen molar-refractivity contribution in [1.82, 2.24) is 0 Å². The van der Waals surface area contributed by atoms with E-state index in [4.69, 9.17) is 10.00 Å². The monoisotopic (exact) mass is 453 g/mol. The minimum Gasteiger partial charge on any atom is -0.406 e. The number of hydrogen-bond acceptors (Lipinski definition) is 3. The van der Waals surface area contributed by atoms with Crippen LogP contribution in [0.3, 0.4) is 0 Å². The predicted molar refractivity (Wildman–Crippen MR) is 114 cm³/mol. The number of halogens is 4. The molecule has 0 amide bonds. The normalized spacial score (nSPS) is 27.0. The molecule has 2 saturated carbocycles. The van der Waals surface area contributed by atoms with Gasteiger partial charge in [0.05, 0.1) is 6.10 Å². The molecule has 0 atom stereocenters. The molecule has 3 rings (SSSR count). The van der Waals surface area contributed by atoms with E-state index in [0.29, 0.717) is 30.3 Å². The maximum absolute atomic E-state index is 12.9. The summed E-state index contributed by atoms with van der Waals surface area (Å²) < 4.78 is 59.9. The average molecular weight is 454 g/mol. The number of benzene rings is 1. The van der Waals surface area contributed by atoms with Gasteiger partial charge in [-0.15, -0.1) is 13.2 Å². The molecule has 1 aromatic carbocycles. The highest BCUT2D eigenvalue weighted by Crippen LogP contribution is 2.37. The van der Waals surface area contributed by atoms with Crippen molar-refractivity contribution in [3.8, 4) is 11.8 Å². The van der Waals surface area contributed by atoms with Gasteiger partial charge in [-0.3, -0.25) is 0 Å². The van der Waals surface area contributed by atoms with Crippen molar-refractivity contribution in [2.45, 2.75) is 82.6 Å². The van der Waals surface area contributed by atoms with E-state index >= 15 is 0 Å². The zero-order valence-electron chi connectivity index (χ0n) is 18.2. The van der Waals surface area contributed by atoms with Crippen molar-refractivity contribution in [2.24, 2.45) is 11.8 Å². The third-order valence-electron chi connectivity index (χ3n) is 6.80. The highest BCUT2D eigenvalue weighted by Gasteiger charge is 2.31. The van der Waals surface area contributed by atoms with Crippen molar-refractivity contribution in [2.75, 3.05) is 6.61 Å². The van der Waals surface area contributed by atoms with Crippen LogP contribution in [0.5, 0.6) is 5.75 Å². The molecule has 2 aliphatic carbocycles. The average Bonchev–Trinajstić information content (AvgIpc) is 2.78. The van der Waals surface area contributed by atoms with Gasteiger partial charge in [0.2, 0.25) is 0 Å². The van der Waals surface area contributed by atoms with E-state index in [1.54, 1.807) is 12.1 Å². The fourth-order valence-corrected chi connectivity index (χ4v) is 4.95. The summed E-state index contributed by atoms with van der Waals surface area (Å²) in [5, 5.41) is 8.44. The molecule has 176 valence electrons. The van der Waals surface area contributed by atoms with Crippen LogP contribution in [0.1, 0.15) is 75.7 Å². The molecule has 0 unspecified atom stereocenters. The van der Waals surface area contributed by atoms with E-state index < -0.39 is 12.2 Å². The number of allylic oxidation sites excluding steroid dienone is 2. The summed E-state index contributed by atoms with van der Waals surface area (Å²) in [5.74, 6) is 0.631. The Labute approximate surface area is 187 Å². The van der Waals surface area contributed by atoms with Gasteiger partial charge in [0.1, 0.15) is 11.8 Å². The molecule has 0 aliphatic heterocycles. The summed E-state index contributed by atoms with van der Waals surface area (Å²) in [6, 6.07) is 7.78. The minimum atomic E-state index is -4.66. The molecule has 0 aromatic heterocycles. The van der Waals surface area contributed by atoms with Crippen LogP contribution >= 0.6 is 0 Å². The summed E-state index contributed by atoms with van der Waals surface area (Å²) >= 11 is 0. The lowest BCUT2D eigenvalue weighted by atomic mass is 9.79. The lowest BCUT2D eigenvalue weighted by Crippen LogP contribution is -2.25. The standard InChI is InChI=1S/C25H31F4NO2/c26-22(16-30)3-1-2-18-6-12-23(13-7-18)31-17-19-4-8-20(9-5-19)21-10-14-24(15-11-21)32-25(27,28)29/h3,10-11,14-15,18-20,23H,1-2,4-9,12-13,17H2/b22-3-. The molecule has 3 nitrogen and oxygen atoms in total. The third kappa shape index (κ3) is 8.12. The number of ether oxygens (including phenoxy) is 2. The molecular weight excluding hydrogens is 422 g/mol. The molecule has 32 heavy (non-hydrogen) atoms. The Balaban J connectivity index is 1.32. The smallest absolute Gasteiger partial charge is 0.406 e. The molecule has 7 heteroatoms. The van der Waals surface area contributed by atoms with Gasteiger partial charge in [0, 0.05) is 6.61 Å². The SMILES string of the molecule is N#C/C(F)=C/CCC1CCC(OCC2CCC(c3ccc(OC(F)(F)F)cc3)CC2)CC1. The second kappa shape index (κ2) is 11.7. The number of nitriles is 1. The van der Waals surface area contributed by atoms with Gasteiger partial charge in [-0.05, 0) is 106 Å². The van der Waals surface area contributed by atoms with Gasteiger partial charge in [0.15, 0.2) is 5.83 Å². The quantitative estimate of drug-likeness (QED) is 0.301. The summed E-state index contributed by atoms with van der Waals surface area (Å²) in [5.41, 5.74) is 1.07. The fourth-order valence-electron chi connectivity index (χ4n) is 4.95. The summed E-state index contributed by atoms with van der Waals surface area (Å²) in [7, 11) is 0. The Morgan fingerprint density at radius 2 is 1.59 bits per heavy atom. The minimum absolute atomic E-state index is 0.177. The van der Waals surface area contributed by atoms with Crippen LogP contribution in [0.2, 0.25) is 0 Å². The van der Waals surface area contributed by atoms with Gasteiger partial charge < -0.3 is 9.47 Å². The van der Waals surface area contributed by atoms with Crippen LogP contribution in [0.25, 0.3) is 0 Å². The molecular formula is C25H31F4NO2. The van der Waals surface area contributed by atoms with E-state index in [9.17, 15) is 17.6 Å². The van der Waals surface area contributed by atoms with Crippen molar-refractivity contribution in [3.05, 3.63) is 41.7 Å². The maximum Gasteiger partial charge on any atom is 0.573 e. The van der Waals surface area contributed by atoms with E-state index in [2.05, 4.69) is 4.74 Å². The number of rotatable bonds is 8. The topological polar surface area (TPSA) is 42.2 Å². The zero-order valence-corrected chi connectivity index (χ0v) is 18.2. The highest BCUT2D eigenvalue weighted by atomic mass is 19.4. The number of nitrogens with zero attached hydrogens (tertiary/aromatic N) is 1. The zero-order chi connectivity index (χ0) is 23.0. The molecule has 0 N–H and O–H groups in total. The van der Waals surface area contributed by atoms with E-state index in [1.165, 1.54) is 24.3 Å². The van der Waals surface area contributed by atoms with Crippen LogP contribution in [0.15, 0.2) is 36.2 Å². The molecule has 0 heterocycles. The Hall–Kier alpha value is -2.07. The molecule has 2 fully saturated rings. The Morgan fingerprint density at radius 1 is 0.969 bits per heavy atom. The van der Waals surface area contributed by atoms with Crippen molar-refractivity contribution < 1.29 is 27.0 Å². The van der Waals surface area contributed by atoms with Crippen LogP contribution < -0.4 is 4.74 Å². The van der Waals surface area contributed by atoms with Gasteiger partial charge in [0.25, 0.3) is 0 Å². The second-order valence-electron chi connectivity index (χ2n) is 9.05. The lowest BCUT2D eigenvalue weighted by Gasteiger charge is -2.32. The van der Waals surface area contributed by atoms with Gasteiger partial charge in [-0.25, -0.2) is 0 Å². The second-order valence-corrected chi connectivity index (χ2v) is 9.05. The van der Waals surface area contributed by atoms with Crippen molar-refractivity contribution in [3.63, 3.8) is 0 Å². The molecule has 2 aliphatic rings. The summed E-state index contributed by atoms with van der Waals surface area (Å²) in [4.78, 5) is 0. The number of hydrogen-bond donors (Lipinski definition) is 0. The highest BCUT2D eigenvalue weighted by molar-refractivity contribution is 5.29. The van der Waals surface area contributed by atoms with Crippen LogP contribution in [-0.4, -0.2) is 19.1 Å². The first kappa shape index (κ1) is 24.6. The Morgan fingerprint density at radius 3 is 2.19 bits per heavy atom. The molecule has 0 radical (unpaired) electrons. The Bertz CT molecular complexity index is 769. The molecule has 0 bridgehead atoms. The third-order valence-corrected chi connectivity index (χ3v) is 6.80. The first-order valence-corrected chi connectivity index (χ1v) is 11.6. The number of alkyl halides is 3. The van der Waals surface area contributed by atoms with E-state index in [0.717, 1.165) is 70.0 Å². The molecule has 0 spiro atoms. The van der Waals surface area contributed by atoms with Crippen molar-refractivity contribution >= 4 is 0 Å². The van der Waals surface area contributed by atoms with E-state index in [-0.39, 0.29) is 5.75 Å². The largest absolute Gasteiger partial charge is 0.573 e.